The number of hydrogen-bond acceptors (Lipinski definition) is 5. The lowest BCUT2D eigenvalue weighted by molar-refractivity contribution is -0.130. The van der Waals surface area contributed by atoms with Crippen molar-refractivity contribution >= 4 is 28.5 Å². The Kier molecular flexibility index (Phi) is 6.08. The fourth-order valence-corrected chi connectivity index (χ4v) is 4.28. The van der Waals surface area contributed by atoms with Gasteiger partial charge in [0, 0.05) is 44.2 Å². The van der Waals surface area contributed by atoms with Gasteiger partial charge in [0.1, 0.15) is 23.5 Å². The van der Waals surface area contributed by atoms with E-state index in [1.54, 1.807) is 29.3 Å². The number of Topliss-reactive ketones (excluding diaryl/α,β-unsaturated/α-hetero) is 1. The molecule has 1 saturated heterocycles. The molecule has 2 aromatic heterocycles. The average Bonchev–Trinajstić information content (AvgIpc) is 3.30. The number of aromatic nitrogens is 1. The van der Waals surface area contributed by atoms with Gasteiger partial charge in [0.05, 0.1) is 12.0 Å². The zero-order chi connectivity index (χ0) is 23.5. The van der Waals surface area contributed by atoms with Crippen molar-refractivity contribution in [3.05, 3.63) is 95.6 Å². The molecule has 0 atom stereocenters. The number of carbonyl (C=O) groups excluding carboxylic acids is 2. The minimum atomic E-state index is -0.349. The Hall–Kier alpha value is -4.00. The normalized spacial score (nSPS) is 13.9. The van der Waals surface area contributed by atoms with E-state index in [1.165, 1.54) is 12.3 Å². The molecule has 7 heteroatoms. The van der Waals surface area contributed by atoms with Crippen LogP contribution >= 0.6 is 0 Å². The Balaban J connectivity index is 1.17. The second-order valence-corrected chi connectivity index (χ2v) is 8.41. The topological polar surface area (TPSA) is 66.7 Å². The molecule has 0 unspecified atom stereocenters. The summed E-state index contributed by atoms with van der Waals surface area (Å²) in [5.41, 5.74) is 2.53. The summed E-state index contributed by atoms with van der Waals surface area (Å²) in [7, 11) is 0. The van der Waals surface area contributed by atoms with Gasteiger partial charge in [-0.05, 0) is 29.3 Å². The predicted molar refractivity (Wildman–Crippen MR) is 127 cm³/mol. The molecule has 4 aromatic rings. The lowest BCUT2D eigenvalue weighted by Crippen LogP contribution is -2.49. The van der Waals surface area contributed by atoms with Gasteiger partial charge in [-0.25, -0.2) is 9.37 Å². The number of piperazine rings is 1. The molecule has 0 radical (unpaired) electrons. The molecule has 1 fully saturated rings. The summed E-state index contributed by atoms with van der Waals surface area (Å²) in [5.74, 6) is 0.379. The standard InChI is InChI=1S/C27H24FN3O3/c28-23-7-3-1-5-20(23)16-27(33)31-13-11-30(12-14-31)26-10-9-19(17-29-26)15-24(32)22-18-34-25-8-4-2-6-21(22)25/h1-10,17-18H,11-16H2. The van der Waals surface area contributed by atoms with E-state index in [1.807, 2.05) is 36.4 Å². The van der Waals surface area contributed by atoms with Crippen molar-refractivity contribution in [1.82, 2.24) is 9.88 Å². The van der Waals surface area contributed by atoms with Crippen molar-refractivity contribution in [2.24, 2.45) is 0 Å². The first-order chi connectivity index (χ1) is 16.6. The van der Waals surface area contributed by atoms with Gasteiger partial charge in [-0.3, -0.25) is 9.59 Å². The number of anilines is 1. The van der Waals surface area contributed by atoms with E-state index in [0.29, 0.717) is 42.9 Å². The van der Waals surface area contributed by atoms with Crippen LogP contribution in [0, 0.1) is 5.82 Å². The van der Waals surface area contributed by atoms with Crippen LogP contribution in [0.3, 0.4) is 0 Å². The number of fused-ring (bicyclic) bond motifs is 1. The second-order valence-electron chi connectivity index (χ2n) is 8.41. The molecule has 6 nitrogen and oxygen atoms in total. The Morgan fingerprint density at radius 2 is 1.68 bits per heavy atom. The van der Waals surface area contributed by atoms with E-state index in [2.05, 4.69) is 9.88 Å². The number of nitrogens with zero attached hydrogens (tertiary/aromatic N) is 3. The number of furan rings is 1. The first-order valence-corrected chi connectivity index (χ1v) is 11.3. The first-order valence-electron chi connectivity index (χ1n) is 11.3. The van der Waals surface area contributed by atoms with E-state index in [0.717, 1.165) is 16.8 Å². The highest BCUT2D eigenvalue weighted by atomic mass is 19.1. The molecule has 0 spiro atoms. The van der Waals surface area contributed by atoms with Crippen LogP contribution in [-0.4, -0.2) is 47.8 Å². The van der Waals surface area contributed by atoms with Crippen LogP contribution in [0.25, 0.3) is 11.0 Å². The molecule has 3 heterocycles. The Labute approximate surface area is 196 Å². The lowest BCUT2D eigenvalue weighted by atomic mass is 10.0. The maximum Gasteiger partial charge on any atom is 0.227 e. The first kappa shape index (κ1) is 21.8. The third-order valence-corrected chi connectivity index (χ3v) is 6.21. The number of amides is 1. The SMILES string of the molecule is O=C(Cc1ccc(N2CCN(C(=O)Cc3ccccc3F)CC2)nc1)c1coc2ccccc12. The van der Waals surface area contributed by atoms with Crippen LogP contribution in [0.5, 0.6) is 0 Å². The van der Waals surface area contributed by atoms with Crippen LogP contribution < -0.4 is 4.90 Å². The van der Waals surface area contributed by atoms with Crippen molar-refractivity contribution < 1.29 is 18.4 Å². The summed E-state index contributed by atoms with van der Waals surface area (Å²) in [6.45, 7) is 2.41. The highest BCUT2D eigenvalue weighted by molar-refractivity contribution is 6.07. The van der Waals surface area contributed by atoms with Gasteiger partial charge in [-0.1, -0.05) is 42.5 Å². The molecular weight excluding hydrogens is 433 g/mol. The summed E-state index contributed by atoms with van der Waals surface area (Å²) in [4.78, 5) is 33.8. The van der Waals surface area contributed by atoms with Gasteiger partial charge >= 0.3 is 0 Å². The minimum absolute atomic E-state index is 0.0125. The predicted octanol–water partition coefficient (Wildman–Crippen LogP) is 4.28. The molecule has 1 amide bonds. The van der Waals surface area contributed by atoms with Gasteiger partial charge in [0.25, 0.3) is 0 Å². The molecule has 0 aliphatic carbocycles. The molecule has 172 valence electrons. The van der Waals surface area contributed by atoms with Crippen molar-refractivity contribution in [1.29, 1.82) is 0 Å². The zero-order valence-electron chi connectivity index (χ0n) is 18.6. The molecular formula is C27H24FN3O3. The van der Waals surface area contributed by atoms with Crippen LogP contribution in [-0.2, 0) is 17.6 Å². The zero-order valence-corrected chi connectivity index (χ0v) is 18.6. The fourth-order valence-electron chi connectivity index (χ4n) is 4.28. The van der Waals surface area contributed by atoms with Gasteiger partial charge in [-0.2, -0.15) is 0 Å². The van der Waals surface area contributed by atoms with E-state index >= 15 is 0 Å². The molecule has 1 aliphatic heterocycles. The average molecular weight is 458 g/mol. The fraction of sp³-hybridized carbons (Fsp3) is 0.222. The number of rotatable bonds is 6. The Bertz CT molecular complexity index is 1320. The van der Waals surface area contributed by atoms with E-state index < -0.39 is 0 Å². The lowest BCUT2D eigenvalue weighted by Gasteiger charge is -2.35. The third-order valence-electron chi connectivity index (χ3n) is 6.21. The van der Waals surface area contributed by atoms with Gasteiger partial charge in [0.15, 0.2) is 5.78 Å². The number of halogens is 1. The van der Waals surface area contributed by atoms with Gasteiger partial charge in [-0.15, -0.1) is 0 Å². The number of benzene rings is 2. The maximum atomic E-state index is 13.8. The van der Waals surface area contributed by atoms with Crippen LogP contribution in [0.2, 0.25) is 0 Å². The quantitative estimate of drug-likeness (QED) is 0.404. The largest absolute Gasteiger partial charge is 0.464 e. The third kappa shape index (κ3) is 4.55. The smallest absolute Gasteiger partial charge is 0.227 e. The van der Waals surface area contributed by atoms with Crippen LogP contribution in [0.4, 0.5) is 10.2 Å². The summed E-state index contributed by atoms with van der Waals surface area (Å²) in [6.07, 6.45) is 3.56. The maximum absolute atomic E-state index is 13.8. The highest BCUT2D eigenvalue weighted by Crippen LogP contribution is 2.23. The summed E-state index contributed by atoms with van der Waals surface area (Å²) >= 11 is 0. The molecule has 0 saturated carbocycles. The van der Waals surface area contributed by atoms with E-state index in [9.17, 15) is 14.0 Å². The summed E-state index contributed by atoms with van der Waals surface area (Å²) in [6, 6.07) is 17.7. The Morgan fingerprint density at radius 1 is 0.912 bits per heavy atom. The second kappa shape index (κ2) is 9.47. The van der Waals surface area contributed by atoms with Crippen molar-refractivity contribution in [3.8, 4) is 0 Å². The van der Waals surface area contributed by atoms with Gasteiger partial charge < -0.3 is 14.2 Å². The molecule has 5 rings (SSSR count). The van der Waals surface area contributed by atoms with Crippen molar-refractivity contribution in [3.63, 3.8) is 0 Å². The number of ketones is 1. The van der Waals surface area contributed by atoms with Crippen LogP contribution in [0.15, 0.2) is 77.5 Å². The molecule has 0 bridgehead atoms. The van der Waals surface area contributed by atoms with Crippen molar-refractivity contribution in [2.45, 2.75) is 12.8 Å². The number of para-hydroxylation sites is 1. The number of carbonyl (C=O) groups is 2. The number of hydrogen-bond donors (Lipinski definition) is 0. The molecule has 1 aliphatic rings. The minimum Gasteiger partial charge on any atom is -0.464 e. The summed E-state index contributed by atoms with van der Waals surface area (Å²) in [5, 5.41) is 0.819. The Morgan fingerprint density at radius 3 is 2.44 bits per heavy atom. The number of pyridine rings is 1. The van der Waals surface area contributed by atoms with E-state index in [-0.39, 0.29) is 30.3 Å². The van der Waals surface area contributed by atoms with Crippen molar-refractivity contribution in [2.75, 3.05) is 31.1 Å². The monoisotopic (exact) mass is 457 g/mol. The highest BCUT2D eigenvalue weighted by Gasteiger charge is 2.23. The van der Waals surface area contributed by atoms with E-state index in [4.69, 9.17) is 4.42 Å². The molecule has 0 N–H and O–H groups in total. The summed E-state index contributed by atoms with van der Waals surface area (Å²) < 4.78 is 19.3. The molecule has 2 aromatic carbocycles. The van der Waals surface area contributed by atoms with Gasteiger partial charge in [0.2, 0.25) is 5.91 Å². The van der Waals surface area contributed by atoms with Crippen LogP contribution in [0.1, 0.15) is 21.5 Å². The molecule has 34 heavy (non-hydrogen) atoms.